The van der Waals surface area contributed by atoms with Gasteiger partial charge in [0.25, 0.3) is 0 Å². The predicted octanol–water partition coefficient (Wildman–Crippen LogP) is 2.59. The van der Waals surface area contributed by atoms with Gasteiger partial charge in [-0.1, -0.05) is 12.1 Å². The highest BCUT2D eigenvalue weighted by Crippen LogP contribution is 2.38. The van der Waals surface area contributed by atoms with E-state index in [0.29, 0.717) is 18.1 Å². The molecule has 2 aliphatic heterocycles. The van der Waals surface area contributed by atoms with Crippen LogP contribution in [0.5, 0.6) is 0 Å². The Hall–Kier alpha value is -1.82. The minimum absolute atomic E-state index is 0.336. The van der Waals surface area contributed by atoms with E-state index in [1.54, 1.807) is 6.20 Å². The van der Waals surface area contributed by atoms with Crippen molar-refractivity contribution in [3.8, 4) is 0 Å². The molecule has 1 spiro atoms. The molecule has 138 valence electrons. The number of pyridine rings is 2. The Morgan fingerprint density at radius 3 is 2.54 bits per heavy atom. The van der Waals surface area contributed by atoms with Crippen LogP contribution in [0.4, 0.5) is 0 Å². The highest BCUT2D eigenvalue weighted by atomic mass is 16.5. The Labute approximate surface area is 156 Å². The van der Waals surface area contributed by atoms with Crippen LogP contribution in [0.15, 0.2) is 49.1 Å². The van der Waals surface area contributed by atoms with Crippen molar-refractivity contribution in [2.24, 2.45) is 5.92 Å². The summed E-state index contributed by atoms with van der Waals surface area (Å²) in [5.41, 5.74) is 2.79. The first-order valence-corrected chi connectivity index (χ1v) is 9.53. The zero-order chi connectivity index (χ0) is 17.8. The number of likely N-dealkylation sites (N-methyl/N-ethyl adjacent to an activating group) is 1. The molecule has 2 aromatic heterocycles. The zero-order valence-electron chi connectivity index (χ0n) is 15.6. The van der Waals surface area contributed by atoms with Crippen LogP contribution in [0, 0.1) is 5.92 Å². The largest absolute Gasteiger partial charge is 0.376 e. The Kier molecular flexibility index (Phi) is 5.29. The third kappa shape index (κ3) is 3.95. The number of ether oxygens (including phenoxy) is 1. The number of hydrogen-bond acceptors (Lipinski definition) is 5. The summed E-state index contributed by atoms with van der Waals surface area (Å²) in [6.45, 7) is 6.00. The van der Waals surface area contributed by atoms with Gasteiger partial charge in [0.1, 0.15) is 0 Å². The zero-order valence-corrected chi connectivity index (χ0v) is 15.6. The summed E-state index contributed by atoms with van der Waals surface area (Å²) in [6, 6.07) is 8.23. The average molecular weight is 352 g/mol. The lowest BCUT2D eigenvalue weighted by Gasteiger charge is -2.58. The molecular formula is C21H28N4O. The molecule has 2 aromatic rings. The lowest BCUT2D eigenvalue weighted by atomic mass is 9.75. The fourth-order valence-corrected chi connectivity index (χ4v) is 4.40. The molecular weight excluding hydrogens is 324 g/mol. The Balaban J connectivity index is 1.26. The molecule has 5 heteroatoms. The van der Waals surface area contributed by atoms with Crippen molar-refractivity contribution in [3.05, 3.63) is 60.2 Å². The van der Waals surface area contributed by atoms with Crippen molar-refractivity contribution in [2.45, 2.75) is 31.5 Å². The predicted molar refractivity (Wildman–Crippen MR) is 101 cm³/mol. The van der Waals surface area contributed by atoms with Crippen LogP contribution in [0.25, 0.3) is 0 Å². The van der Waals surface area contributed by atoms with Gasteiger partial charge in [-0.15, -0.1) is 0 Å². The van der Waals surface area contributed by atoms with Gasteiger partial charge in [0.15, 0.2) is 0 Å². The van der Waals surface area contributed by atoms with Gasteiger partial charge in [0, 0.05) is 56.6 Å². The highest BCUT2D eigenvalue weighted by Gasteiger charge is 2.49. The van der Waals surface area contributed by atoms with Crippen molar-refractivity contribution in [2.75, 3.05) is 33.3 Å². The molecule has 0 saturated carbocycles. The van der Waals surface area contributed by atoms with Gasteiger partial charge in [-0.25, -0.2) is 0 Å². The fraction of sp³-hybridized carbons (Fsp3) is 0.524. The molecule has 1 atom stereocenters. The fourth-order valence-electron chi connectivity index (χ4n) is 4.40. The highest BCUT2D eigenvalue weighted by molar-refractivity contribution is 5.13. The van der Waals surface area contributed by atoms with Gasteiger partial charge >= 0.3 is 0 Å². The van der Waals surface area contributed by atoms with Crippen molar-refractivity contribution >= 4 is 0 Å². The summed E-state index contributed by atoms with van der Waals surface area (Å²) < 4.78 is 6.00. The summed E-state index contributed by atoms with van der Waals surface area (Å²) in [6.07, 6.45) is 9.97. The Morgan fingerprint density at radius 2 is 1.85 bits per heavy atom. The van der Waals surface area contributed by atoms with Crippen molar-refractivity contribution in [1.29, 1.82) is 0 Å². The summed E-state index contributed by atoms with van der Waals surface area (Å²) in [4.78, 5) is 13.5. The Bertz CT molecular complexity index is 688. The molecule has 5 nitrogen and oxygen atoms in total. The number of hydrogen-bond donors (Lipinski definition) is 0. The van der Waals surface area contributed by atoms with Crippen LogP contribution in [-0.4, -0.2) is 58.6 Å². The number of nitrogens with zero attached hydrogens (tertiary/aromatic N) is 4. The molecule has 0 aliphatic carbocycles. The van der Waals surface area contributed by atoms with Gasteiger partial charge in [-0.2, -0.15) is 0 Å². The van der Waals surface area contributed by atoms with Crippen LogP contribution < -0.4 is 0 Å². The maximum absolute atomic E-state index is 6.00. The van der Waals surface area contributed by atoms with E-state index in [4.69, 9.17) is 4.74 Å². The minimum Gasteiger partial charge on any atom is -0.376 e. The Morgan fingerprint density at radius 1 is 1.12 bits per heavy atom. The molecule has 0 bridgehead atoms. The maximum atomic E-state index is 6.00. The van der Waals surface area contributed by atoms with E-state index in [2.05, 4.69) is 38.9 Å². The van der Waals surface area contributed by atoms with E-state index in [-0.39, 0.29) is 0 Å². The lowest BCUT2D eigenvalue weighted by Crippen LogP contribution is -2.71. The molecule has 4 heterocycles. The standard InChI is InChI=1S/C21H28N4O/c1-24-9-6-18(14-26-15-20-5-3-8-23-12-20)10-21(24)16-25(17-21)13-19-4-2-7-22-11-19/h2-5,7-8,11-12,18H,6,9-10,13-17H2,1H3/t18-/m0/s1. The van der Waals surface area contributed by atoms with Crippen LogP contribution in [0.2, 0.25) is 0 Å². The topological polar surface area (TPSA) is 41.5 Å². The molecule has 2 saturated heterocycles. The first kappa shape index (κ1) is 17.6. The van der Waals surface area contributed by atoms with Gasteiger partial charge in [0.2, 0.25) is 0 Å². The summed E-state index contributed by atoms with van der Waals surface area (Å²) in [7, 11) is 2.29. The molecule has 0 aromatic carbocycles. The molecule has 0 N–H and O–H groups in total. The first-order chi connectivity index (χ1) is 12.7. The molecule has 0 radical (unpaired) electrons. The van der Waals surface area contributed by atoms with Crippen LogP contribution in [0.1, 0.15) is 24.0 Å². The van der Waals surface area contributed by atoms with E-state index < -0.39 is 0 Å². The van der Waals surface area contributed by atoms with Crippen LogP contribution >= 0.6 is 0 Å². The molecule has 4 rings (SSSR count). The number of rotatable bonds is 6. The van der Waals surface area contributed by atoms with Gasteiger partial charge < -0.3 is 4.74 Å². The maximum Gasteiger partial charge on any atom is 0.0731 e. The summed E-state index contributed by atoms with van der Waals surface area (Å²) in [5.74, 6) is 0.656. The minimum atomic E-state index is 0.336. The van der Waals surface area contributed by atoms with Crippen molar-refractivity contribution in [3.63, 3.8) is 0 Å². The molecule has 0 amide bonds. The van der Waals surface area contributed by atoms with E-state index in [1.807, 2.05) is 30.7 Å². The average Bonchev–Trinajstić information content (AvgIpc) is 2.65. The van der Waals surface area contributed by atoms with Crippen LogP contribution in [0.3, 0.4) is 0 Å². The third-order valence-corrected chi connectivity index (χ3v) is 5.86. The number of likely N-dealkylation sites (tertiary alicyclic amines) is 2. The van der Waals surface area contributed by atoms with Gasteiger partial charge in [-0.3, -0.25) is 19.8 Å². The van der Waals surface area contributed by atoms with E-state index in [1.165, 1.54) is 24.9 Å². The van der Waals surface area contributed by atoms with Crippen molar-refractivity contribution in [1.82, 2.24) is 19.8 Å². The van der Waals surface area contributed by atoms with Gasteiger partial charge in [0.05, 0.1) is 6.61 Å². The summed E-state index contributed by atoms with van der Waals surface area (Å²) >= 11 is 0. The first-order valence-electron chi connectivity index (χ1n) is 9.53. The molecule has 2 fully saturated rings. The second kappa shape index (κ2) is 7.82. The van der Waals surface area contributed by atoms with E-state index in [0.717, 1.165) is 31.8 Å². The molecule has 2 aliphatic rings. The monoisotopic (exact) mass is 352 g/mol. The summed E-state index contributed by atoms with van der Waals surface area (Å²) in [5, 5.41) is 0. The third-order valence-electron chi connectivity index (χ3n) is 5.86. The van der Waals surface area contributed by atoms with Gasteiger partial charge in [-0.05, 0) is 55.6 Å². The number of piperidine rings is 1. The number of aromatic nitrogens is 2. The van der Waals surface area contributed by atoms with Crippen molar-refractivity contribution < 1.29 is 4.74 Å². The molecule has 26 heavy (non-hydrogen) atoms. The second-order valence-corrected chi connectivity index (χ2v) is 7.89. The lowest BCUT2D eigenvalue weighted by molar-refractivity contribution is -0.0936. The smallest absolute Gasteiger partial charge is 0.0731 e. The van der Waals surface area contributed by atoms with Crippen LogP contribution in [-0.2, 0) is 17.9 Å². The second-order valence-electron chi connectivity index (χ2n) is 7.89. The SMILES string of the molecule is CN1CC[C@H](COCc2cccnc2)CC12CN(Cc1cccnc1)C2. The van der Waals surface area contributed by atoms with E-state index in [9.17, 15) is 0 Å². The van der Waals surface area contributed by atoms with E-state index >= 15 is 0 Å². The quantitative estimate of drug-likeness (QED) is 0.799. The normalized spacial score (nSPS) is 23.0. The molecule has 0 unspecified atom stereocenters.